The van der Waals surface area contributed by atoms with Crippen LogP contribution in [0.1, 0.15) is 30.9 Å². The van der Waals surface area contributed by atoms with Crippen molar-refractivity contribution in [2.24, 2.45) is 5.73 Å². The second-order valence-electron chi connectivity index (χ2n) is 3.81. The molecule has 1 aliphatic carbocycles. The Hall–Kier alpha value is -1.02. The summed E-state index contributed by atoms with van der Waals surface area (Å²) in [5.41, 5.74) is 8.19. The van der Waals surface area contributed by atoms with Crippen molar-refractivity contribution in [1.82, 2.24) is 0 Å². The van der Waals surface area contributed by atoms with Crippen molar-refractivity contribution in [2.45, 2.75) is 38.8 Å². The molecule has 1 aromatic rings. The fourth-order valence-corrected chi connectivity index (χ4v) is 1.58. The average molecular weight is 191 g/mol. The van der Waals surface area contributed by atoms with Crippen LogP contribution in [0.4, 0.5) is 0 Å². The quantitative estimate of drug-likeness (QED) is 0.792. The molecule has 2 nitrogen and oxygen atoms in total. The number of hydrogen-bond acceptors (Lipinski definition) is 2. The normalized spacial score (nSPS) is 15.6. The molecular weight excluding hydrogens is 174 g/mol. The predicted molar refractivity (Wildman–Crippen MR) is 57.4 cm³/mol. The standard InChI is InChI=1S/C12H17NO/c1-2-9-7-12(14-11-5-6-11)4-3-10(9)8-13/h3-4,7,11H,2,5-6,8,13H2,1H3. The maximum Gasteiger partial charge on any atom is 0.120 e. The molecule has 2 rings (SSSR count). The van der Waals surface area contributed by atoms with Crippen molar-refractivity contribution in [1.29, 1.82) is 0 Å². The van der Waals surface area contributed by atoms with Gasteiger partial charge in [-0.15, -0.1) is 0 Å². The van der Waals surface area contributed by atoms with Crippen LogP contribution in [0.25, 0.3) is 0 Å². The lowest BCUT2D eigenvalue weighted by molar-refractivity contribution is 0.303. The lowest BCUT2D eigenvalue weighted by atomic mass is 10.1. The summed E-state index contributed by atoms with van der Waals surface area (Å²) in [6, 6.07) is 6.23. The Kier molecular flexibility index (Phi) is 2.73. The molecule has 1 fully saturated rings. The van der Waals surface area contributed by atoms with Gasteiger partial charge in [-0.05, 0) is 42.5 Å². The van der Waals surface area contributed by atoms with Crippen molar-refractivity contribution >= 4 is 0 Å². The molecule has 0 saturated heterocycles. The number of aryl methyl sites for hydroxylation is 1. The van der Waals surface area contributed by atoms with Gasteiger partial charge in [-0.2, -0.15) is 0 Å². The first-order valence-corrected chi connectivity index (χ1v) is 5.32. The van der Waals surface area contributed by atoms with Crippen molar-refractivity contribution < 1.29 is 4.74 Å². The Labute approximate surface area is 85.1 Å². The van der Waals surface area contributed by atoms with E-state index in [9.17, 15) is 0 Å². The third-order valence-corrected chi connectivity index (χ3v) is 2.61. The molecule has 76 valence electrons. The summed E-state index contributed by atoms with van der Waals surface area (Å²) >= 11 is 0. The van der Waals surface area contributed by atoms with Crippen LogP contribution in [-0.2, 0) is 13.0 Å². The zero-order valence-electron chi connectivity index (χ0n) is 8.62. The molecule has 1 aliphatic rings. The molecule has 2 N–H and O–H groups in total. The molecule has 0 aromatic heterocycles. The molecule has 0 spiro atoms. The zero-order valence-corrected chi connectivity index (χ0v) is 8.62. The summed E-state index contributed by atoms with van der Waals surface area (Å²) < 4.78 is 5.73. The molecule has 0 atom stereocenters. The lowest BCUT2D eigenvalue weighted by Crippen LogP contribution is -2.02. The minimum Gasteiger partial charge on any atom is -0.490 e. The number of ether oxygens (including phenoxy) is 1. The Balaban J connectivity index is 2.16. The monoisotopic (exact) mass is 191 g/mol. The summed E-state index contributed by atoms with van der Waals surface area (Å²) in [4.78, 5) is 0. The van der Waals surface area contributed by atoms with Gasteiger partial charge in [0.2, 0.25) is 0 Å². The summed E-state index contributed by atoms with van der Waals surface area (Å²) in [5, 5.41) is 0. The molecule has 0 radical (unpaired) electrons. The SMILES string of the molecule is CCc1cc(OC2CC2)ccc1CN. The smallest absolute Gasteiger partial charge is 0.120 e. The molecule has 0 amide bonds. The summed E-state index contributed by atoms with van der Waals surface area (Å²) in [6.07, 6.45) is 3.91. The number of nitrogens with two attached hydrogens (primary N) is 1. The summed E-state index contributed by atoms with van der Waals surface area (Å²) in [6.45, 7) is 2.77. The van der Waals surface area contributed by atoms with Gasteiger partial charge in [0.15, 0.2) is 0 Å². The lowest BCUT2D eigenvalue weighted by Gasteiger charge is -2.09. The van der Waals surface area contributed by atoms with Crippen molar-refractivity contribution in [3.63, 3.8) is 0 Å². The van der Waals surface area contributed by atoms with Gasteiger partial charge < -0.3 is 10.5 Å². The molecule has 0 aliphatic heterocycles. The first kappa shape index (κ1) is 9.53. The van der Waals surface area contributed by atoms with Crippen LogP contribution < -0.4 is 10.5 Å². The summed E-state index contributed by atoms with van der Waals surface area (Å²) in [7, 11) is 0. The van der Waals surface area contributed by atoms with E-state index in [1.165, 1.54) is 24.0 Å². The highest BCUT2D eigenvalue weighted by Gasteiger charge is 2.23. The van der Waals surface area contributed by atoms with E-state index < -0.39 is 0 Å². The molecule has 0 heterocycles. The van der Waals surface area contributed by atoms with E-state index in [1.54, 1.807) is 0 Å². The van der Waals surface area contributed by atoms with E-state index in [-0.39, 0.29) is 0 Å². The van der Waals surface area contributed by atoms with Crippen LogP contribution in [0.5, 0.6) is 5.75 Å². The molecule has 1 saturated carbocycles. The molecule has 0 unspecified atom stereocenters. The minimum atomic E-state index is 0.475. The zero-order chi connectivity index (χ0) is 9.97. The van der Waals surface area contributed by atoms with Crippen LogP contribution in [0, 0.1) is 0 Å². The van der Waals surface area contributed by atoms with Gasteiger partial charge in [-0.1, -0.05) is 13.0 Å². The van der Waals surface area contributed by atoms with Crippen LogP contribution in [0.15, 0.2) is 18.2 Å². The van der Waals surface area contributed by atoms with Crippen molar-refractivity contribution in [2.75, 3.05) is 0 Å². The highest BCUT2D eigenvalue weighted by Crippen LogP contribution is 2.28. The van der Waals surface area contributed by atoms with Gasteiger partial charge >= 0.3 is 0 Å². The van der Waals surface area contributed by atoms with E-state index in [4.69, 9.17) is 10.5 Å². The minimum absolute atomic E-state index is 0.475. The van der Waals surface area contributed by atoms with Crippen LogP contribution in [0.2, 0.25) is 0 Å². The highest BCUT2D eigenvalue weighted by molar-refractivity contribution is 5.36. The van der Waals surface area contributed by atoms with Crippen LogP contribution in [0.3, 0.4) is 0 Å². The van der Waals surface area contributed by atoms with E-state index in [2.05, 4.69) is 19.1 Å². The fraction of sp³-hybridized carbons (Fsp3) is 0.500. The number of hydrogen-bond donors (Lipinski definition) is 1. The van der Waals surface area contributed by atoms with Gasteiger partial charge in [-0.3, -0.25) is 0 Å². The van der Waals surface area contributed by atoms with E-state index in [1.807, 2.05) is 6.07 Å². The first-order valence-electron chi connectivity index (χ1n) is 5.32. The highest BCUT2D eigenvalue weighted by atomic mass is 16.5. The topological polar surface area (TPSA) is 35.2 Å². The Morgan fingerprint density at radius 1 is 1.36 bits per heavy atom. The second-order valence-corrected chi connectivity index (χ2v) is 3.81. The molecule has 0 bridgehead atoms. The molecule has 14 heavy (non-hydrogen) atoms. The fourth-order valence-electron chi connectivity index (χ4n) is 1.58. The van der Waals surface area contributed by atoms with Crippen LogP contribution in [-0.4, -0.2) is 6.10 Å². The molecule has 1 aromatic carbocycles. The Morgan fingerprint density at radius 2 is 2.14 bits per heavy atom. The van der Waals surface area contributed by atoms with E-state index in [0.717, 1.165) is 12.2 Å². The summed E-state index contributed by atoms with van der Waals surface area (Å²) in [5.74, 6) is 1.00. The van der Waals surface area contributed by atoms with Crippen molar-refractivity contribution in [3.05, 3.63) is 29.3 Å². The first-order chi connectivity index (χ1) is 6.83. The van der Waals surface area contributed by atoms with Crippen molar-refractivity contribution in [3.8, 4) is 5.75 Å². The second kappa shape index (κ2) is 4.01. The van der Waals surface area contributed by atoms with Crippen LogP contribution >= 0.6 is 0 Å². The maximum absolute atomic E-state index is 5.73. The Bertz CT molecular complexity index is 318. The third-order valence-electron chi connectivity index (χ3n) is 2.61. The number of rotatable bonds is 4. The Morgan fingerprint density at radius 3 is 2.71 bits per heavy atom. The average Bonchev–Trinajstić information content (AvgIpc) is 3.01. The number of benzene rings is 1. The van der Waals surface area contributed by atoms with Gasteiger partial charge in [0.05, 0.1) is 6.10 Å². The van der Waals surface area contributed by atoms with Gasteiger partial charge in [-0.25, -0.2) is 0 Å². The predicted octanol–water partition coefficient (Wildman–Crippen LogP) is 2.25. The van der Waals surface area contributed by atoms with E-state index in [0.29, 0.717) is 12.6 Å². The van der Waals surface area contributed by atoms with Gasteiger partial charge in [0, 0.05) is 6.54 Å². The third kappa shape index (κ3) is 2.07. The molecular formula is C12H17NO. The van der Waals surface area contributed by atoms with E-state index >= 15 is 0 Å². The largest absolute Gasteiger partial charge is 0.490 e. The van der Waals surface area contributed by atoms with Gasteiger partial charge in [0.25, 0.3) is 0 Å². The maximum atomic E-state index is 5.73. The van der Waals surface area contributed by atoms with Gasteiger partial charge in [0.1, 0.15) is 5.75 Å². The molecule has 2 heteroatoms.